The third-order valence-corrected chi connectivity index (χ3v) is 5.13. The molecule has 4 nitrogen and oxygen atoms in total. The van der Waals surface area contributed by atoms with Gasteiger partial charge in [0.05, 0.1) is 22.0 Å². The van der Waals surface area contributed by atoms with Crippen LogP contribution in [0.15, 0.2) is 53.7 Å². The van der Waals surface area contributed by atoms with Gasteiger partial charge in [0.2, 0.25) is 5.91 Å². The average Bonchev–Trinajstić information content (AvgIpc) is 2.99. The van der Waals surface area contributed by atoms with Crippen LogP contribution in [0.1, 0.15) is 23.5 Å². The summed E-state index contributed by atoms with van der Waals surface area (Å²) in [5.74, 6) is -1.51. The van der Waals surface area contributed by atoms with Crippen molar-refractivity contribution in [3.63, 3.8) is 0 Å². The molecule has 0 saturated carbocycles. The van der Waals surface area contributed by atoms with Gasteiger partial charge in [-0.25, -0.2) is 9.18 Å². The molecule has 1 atom stereocenters. The summed E-state index contributed by atoms with van der Waals surface area (Å²) < 4.78 is 18.7. The maximum atomic E-state index is 13.5. The lowest BCUT2D eigenvalue weighted by Crippen LogP contribution is -2.37. The summed E-state index contributed by atoms with van der Waals surface area (Å²) in [5, 5.41) is -0.0799. The Hall–Kier alpha value is -2.66. The minimum absolute atomic E-state index is 0.0112. The molecule has 0 aromatic heterocycles. The maximum absolute atomic E-state index is 13.5. The van der Waals surface area contributed by atoms with Gasteiger partial charge in [0, 0.05) is 12.3 Å². The number of hydrogen-bond donors (Lipinski definition) is 0. The van der Waals surface area contributed by atoms with Crippen LogP contribution in [0.25, 0.3) is 0 Å². The van der Waals surface area contributed by atoms with Crippen molar-refractivity contribution in [2.75, 3.05) is 11.5 Å². The third-order valence-electron chi connectivity index (χ3n) is 4.84. The molecule has 6 heteroatoms. The van der Waals surface area contributed by atoms with Crippen molar-refractivity contribution in [3.05, 3.63) is 75.7 Å². The van der Waals surface area contributed by atoms with Crippen molar-refractivity contribution in [2.24, 2.45) is 0 Å². The quantitative estimate of drug-likeness (QED) is 0.746. The number of carbonyl (C=O) groups excluding carboxylic acids is 2. The Labute approximate surface area is 154 Å². The van der Waals surface area contributed by atoms with Crippen molar-refractivity contribution in [1.29, 1.82) is 0 Å². The van der Waals surface area contributed by atoms with Crippen molar-refractivity contribution < 1.29 is 18.7 Å². The van der Waals surface area contributed by atoms with Gasteiger partial charge in [-0.3, -0.25) is 9.69 Å². The van der Waals surface area contributed by atoms with Crippen LogP contribution >= 0.6 is 11.6 Å². The molecule has 0 aliphatic carbocycles. The van der Waals surface area contributed by atoms with Crippen molar-refractivity contribution in [2.45, 2.75) is 19.3 Å². The fourth-order valence-electron chi connectivity index (χ4n) is 3.62. The van der Waals surface area contributed by atoms with E-state index in [-0.39, 0.29) is 29.9 Å². The summed E-state index contributed by atoms with van der Waals surface area (Å²) in [6.45, 7) is 1.96. The molecule has 0 fully saturated rings. The third kappa shape index (κ3) is 2.59. The van der Waals surface area contributed by atoms with E-state index >= 15 is 0 Å². The molecule has 0 bridgehead atoms. The number of anilines is 1. The van der Waals surface area contributed by atoms with E-state index in [1.807, 2.05) is 31.2 Å². The highest BCUT2D eigenvalue weighted by molar-refractivity contribution is 6.31. The number of nitrogens with zero attached hydrogens (tertiary/aromatic N) is 1. The van der Waals surface area contributed by atoms with Gasteiger partial charge in [0.25, 0.3) is 0 Å². The van der Waals surface area contributed by atoms with Gasteiger partial charge in [-0.2, -0.15) is 0 Å². The average molecular weight is 372 g/mol. The van der Waals surface area contributed by atoms with Gasteiger partial charge in [-0.15, -0.1) is 0 Å². The monoisotopic (exact) mass is 371 g/mol. The number of halogens is 2. The number of amides is 1. The first-order chi connectivity index (χ1) is 12.5. The number of cyclic esters (lactones) is 1. The molecule has 2 heterocycles. The topological polar surface area (TPSA) is 46.6 Å². The number of esters is 1. The van der Waals surface area contributed by atoms with Crippen molar-refractivity contribution in [1.82, 2.24) is 0 Å². The number of ether oxygens (including phenoxy) is 1. The van der Waals surface area contributed by atoms with Gasteiger partial charge < -0.3 is 4.74 Å². The van der Waals surface area contributed by atoms with Gasteiger partial charge in [-0.1, -0.05) is 35.9 Å². The van der Waals surface area contributed by atoms with Crippen molar-refractivity contribution >= 4 is 29.2 Å². The molecule has 0 saturated heterocycles. The van der Waals surface area contributed by atoms with Gasteiger partial charge in [0.15, 0.2) is 0 Å². The molecule has 4 rings (SSSR count). The lowest BCUT2D eigenvalue weighted by atomic mass is 9.82. The molecule has 0 spiro atoms. The van der Waals surface area contributed by atoms with Crippen LogP contribution in [0.4, 0.5) is 10.1 Å². The summed E-state index contributed by atoms with van der Waals surface area (Å²) in [4.78, 5) is 26.7. The predicted octanol–water partition coefficient (Wildman–Crippen LogP) is 4.12. The first-order valence-corrected chi connectivity index (χ1v) is 8.59. The highest BCUT2D eigenvalue weighted by Gasteiger charge is 2.43. The summed E-state index contributed by atoms with van der Waals surface area (Å²) in [5.41, 5.74) is 3.36. The second kappa shape index (κ2) is 6.25. The standard InChI is InChI=1S/C20H15ClFNO3/c1-11-4-2-3-5-13(11)14-9-18(24)23(17-10-26-20(25)19(14)17)12-6-7-16(22)15(21)8-12/h2-8,14H,9-10H2,1H3. The summed E-state index contributed by atoms with van der Waals surface area (Å²) in [7, 11) is 0. The minimum atomic E-state index is -0.564. The van der Waals surface area contributed by atoms with Crippen LogP contribution in [0.5, 0.6) is 0 Å². The van der Waals surface area contributed by atoms with E-state index < -0.39 is 11.8 Å². The molecule has 132 valence electrons. The second-order valence-corrected chi connectivity index (χ2v) is 6.78. The molecular weight excluding hydrogens is 357 g/mol. The smallest absolute Gasteiger partial charge is 0.336 e. The molecular formula is C20H15ClFNO3. The number of aryl methyl sites for hydroxylation is 1. The summed E-state index contributed by atoms with van der Waals surface area (Å²) in [6.07, 6.45) is 0.133. The zero-order chi connectivity index (χ0) is 18.4. The van der Waals surface area contributed by atoms with Crippen LogP contribution in [-0.4, -0.2) is 18.5 Å². The first-order valence-electron chi connectivity index (χ1n) is 8.21. The van der Waals surface area contributed by atoms with Crippen molar-refractivity contribution in [3.8, 4) is 0 Å². The van der Waals surface area contributed by atoms with E-state index in [0.717, 1.165) is 11.1 Å². The Kier molecular flexibility index (Phi) is 4.04. The Bertz CT molecular complexity index is 969. The normalized spacial score (nSPS) is 19.7. The van der Waals surface area contributed by atoms with Crippen LogP contribution < -0.4 is 4.90 Å². The van der Waals surface area contributed by atoms with Crippen LogP contribution in [0.2, 0.25) is 5.02 Å². The molecule has 1 unspecified atom stereocenters. The Morgan fingerprint density at radius 1 is 1.19 bits per heavy atom. The van der Waals surface area contributed by atoms with E-state index in [1.54, 1.807) is 0 Å². The maximum Gasteiger partial charge on any atom is 0.336 e. The zero-order valence-corrected chi connectivity index (χ0v) is 14.7. The van der Waals surface area contributed by atoms with E-state index in [0.29, 0.717) is 17.0 Å². The number of benzene rings is 2. The largest absolute Gasteiger partial charge is 0.456 e. The number of rotatable bonds is 2. The fraction of sp³-hybridized carbons (Fsp3) is 0.200. The SMILES string of the molecule is Cc1ccccc1C1CC(=O)N(c2ccc(F)c(Cl)c2)C2=C1C(=O)OC2. The molecule has 2 aliphatic rings. The van der Waals surface area contributed by atoms with Crippen LogP contribution in [0, 0.1) is 12.7 Å². The van der Waals surface area contributed by atoms with E-state index in [2.05, 4.69) is 0 Å². The number of carbonyl (C=O) groups is 2. The lowest BCUT2D eigenvalue weighted by molar-refractivity contribution is -0.136. The van der Waals surface area contributed by atoms with E-state index in [9.17, 15) is 14.0 Å². The van der Waals surface area contributed by atoms with Gasteiger partial charge >= 0.3 is 5.97 Å². The van der Waals surface area contributed by atoms with E-state index in [4.69, 9.17) is 16.3 Å². The first kappa shape index (κ1) is 16.8. The predicted molar refractivity (Wildman–Crippen MR) is 95.4 cm³/mol. The molecule has 2 aromatic rings. The zero-order valence-electron chi connectivity index (χ0n) is 14.0. The minimum Gasteiger partial charge on any atom is -0.456 e. The van der Waals surface area contributed by atoms with Crippen LogP contribution in [-0.2, 0) is 14.3 Å². The Morgan fingerprint density at radius 2 is 1.96 bits per heavy atom. The molecule has 2 aliphatic heterocycles. The molecule has 1 amide bonds. The Balaban J connectivity index is 1.86. The molecule has 0 radical (unpaired) electrons. The summed E-state index contributed by atoms with van der Waals surface area (Å²) >= 11 is 5.87. The van der Waals surface area contributed by atoms with Crippen LogP contribution in [0.3, 0.4) is 0 Å². The molecule has 26 heavy (non-hydrogen) atoms. The highest BCUT2D eigenvalue weighted by atomic mass is 35.5. The van der Waals surface area contributed by atoms with Gasteiger partial charge in [-0.05, 0) is 36.2 Å². The molecule has 2 aromatic carbocycles. The molecule has 0 N–H and O–H groups in total. The Morgan fingerprint density at radius 3 is 2.69 bits per heavy atom. The highest BCUT2D eigenvalue weighted by Crippen LogP contribution is 2.43. The lowest BCUT2D eigenvalue weighted by Gasteiger charge is -2.32. The van der Waals surface area contributed by atoms with Gasteiger partial charge in [0.1, 0.15) is 12.4 Å². The second-order valence-electron chi connectivity index (χ2n) is 6.38. The summed E-state index contributed by atoms with van der Waals surface area (Å²) in [6, 6.07) is 11.7. The van der Waals surface area contributed by atoms with E-state index in [1.165, 1.54) is 23.1 Å². The fourth-order valence-corrected chi connectivity index (χ4v) is 3.80. The number of hydrogen-bond acceptors (Lipinski definition) is 3.